The SMILES string of the molecule is O=C(Oc1ccc(Oc2ccc(C(F)(F)F)cc2)cc1)c1ccccc1. The lowest BCUT2D eigenvalue weighted by Gasteiger charge is -2.09. The highest BCUT2D eigenvalue weighted by molar-refractivity contribution is 5.90. The molecule has 3 aromatic carbocycles. The number of hydrogen-bond acceptors (Lipinski definition) is 3. The van der Waals surface area contributed by atoms with E-state index in [1.165, 1.54) is 12.1 Å². The van der Waals surface area contributed by atoms with Gasteiger partial charge < -0.3 is 9.47 Å². The highest BCUT2D eigenvalue weighted by atomic mass is 19.4. The van der Waals surface area contributed by atoms with Crippen LogP contribution in [0, 0.1) is 0 Å². The Labute approximate surface area is 147 Å². The lowest BCUT2D eigenvalue weighted by atomic mass is 10.2. The third-order valence-corrected chi connectivity index (χ3v) is 3.46. The summed E-state index contributed by atoms with van der Waals surface area (Å²) in [6.45, 7) is 0. The number of esters is 1. The lowest BCUT2D eigenvalue weighted by Crippen LogP contribution is -2.07. The van der Waals surface area contributed by atoms with Crippen molar-refractivity contribution >= 4 is 5.97 Å². The Morgan fingerprint density at radius 2 is 1.19 bits per heavy atom. The van der Waals surface area contributed by atoms with Gasteiger partial charge in [0.25, 0.3) is 0 Å². The molecule has 6 heteroatoms. The second-order valence-corrected chi connectivity index (χ2v) is 5.35. The summed E-state index contributed by atoms with van der Waals surface area (Å²) < 4.78 is 48.3. The summed E-state index contributed by atoms with van der Waals surface area (Å²) in [4.78, 5) is 12.0. The Balaban J connectivity index is 1.63. The number of benzene rings is 3. The van der Waals surface area contributed by atoms with Gasteiger partial charge in [-0.15, -0.1) is 0 Å². The zero-order valence-electron chi connectivity index (χ0n) is 13.4. The summed E-state index contributed by atoms with van der Waals surface area (Å²) in [6, 6.07) is 19.1. The van der Waals surface area contributed by atoms with Crippen molar-refractivity contribution in [1.82, 2.24) is 0 Å². The highest BCUT2D eigenvalue weighted by Gasteiger charge is 2.30. The minimum atomic E-state index is -4.39. The predicted octanol–water partition coefficient (Wildman–Crippen LogP) is 5.72. The fourth-order valence-electron chi connectivity index (χ4n) is 2.16. The molecule has 132 valence electrons. The standard InChI is InChI=1S/C20H13F3O3/c21-20(22,23)15-6-8-16(9-7-15)25-17-10-12-18(13-11-17)26-19(24)14-4-2-1-3-5-14/h1-13H. The fraction of sp³-hybridized carbons (Fsp3) is 0.0500. The van der Waals surface area contributed by atoms with Crippen LogP contribution in [0.25, 0.3) is 0 Å². The molecule has 26 heavy (non-hydrogen) atoms. The Hall–Kier alpha value is -3.28. The van der Waals surface area contributed by atoms with Crippen LogP contribution in [0.4, 0.5) is 13.2 Å². The maximum absolute atomic E-state index is 12.5. The van der Waals surface area contributed by atoms with Crippen molar-refractivity contribution in [2.45, 2.75) is 6.18 Å². The van der Waals surface area contributed by atoms with Crippen LogP contribution < -0.4 is 9.47 Å². The maximum atomic E-state index is 12.5. The minimum absolute atomic E-state index is 0.270. The first-order valence-corrected chi connectivity index (χ1v) is 7.64. The number of carbonyl (C=O) groups is 1. The second kappa shape index (κ2) is 7.31. The lowest BCUT2D eigenvalue weighted by molar-refractivity contribution is -0.137. The van der Waals surface area contributed by atoms with E-state index in [2.05, 4.69) is 0 Å². The van der Waals surface area contributed by atoms with Gasteiger partial charge in [-0.25, -0.2) is 4.79 Å². The number of ether oxygens (including phenoxy) is 2. The Morgan fingerprint density at radius 3 is 1.73 bits per heavy atom. The first-order valence-electron chi connectivity index (χ1n) is 7.64. The summed E-state index contributed by atoms with van der Waals surface area (Å²) >= 11 is 0. The van der Waals surface area contributed by atoms with Crippen LogP contribution in [0.5, 0.6) is 17.2 Å². The van der Waals surface area contributed by atoms with Crippen LogP contribution in [-0.4, -0.2) is 5.97 Å². The van der Waals surface area contributed by atoms with E-state index in [1.807, 2.05) is 0 Å². The molecule has 0 heterocycles. The minimum Gasteiger partial charge on any atom is -0.457 e. The smallest absolute Gasteiger partial charge is 0.416 e. The van der Waals surface area contributed by atoms with E-state index < -0.39 is 17.7 Å². The van der Waals surface area contributed by atoms with Crippen LogP contribution in [0.2, 0.25) is 0 Å². The van der Waals surface area contributed by atoms with Crippen LogP contribution in [0.1, 0.15) is 15.9 Å². The Morgan fingerprint density at radius 1 is 0.692 bits per heavy atom. The van der Waals surface area contributed by atoms with Crippen molar-refractivity contribution < 1.29 is 27.4 Å². The molecule has 0 aliphatic rings. The first kappa shape index (κ1) is 17.5. The molecule has 0 saturated heterocycles. The summed E-state index contributed by atoms with van der Waals surface area (Å²) in [7, 11) is 0. The summed E-state index contributed by atoms with van der Waals surface area (Å²) in [5, 5.41) is 0. The van der Waals surface area contributed by atoms with Gasteiger partial charge in [0.05, 0.1) is 11.1 Å². The highest BCUT2D eigenvalue weighted by Crippen LogP contribution is 2.31. The van der Waals surface area contributed by atoms with E-state index in [0.29, 0.717) is 17.1 Å². The zero-order valence-corrected chi connectivity index (χ0v) is 13.4. The molecule has 0 atom stereocenters. The van der Waals surface area contributed by atoms with Gasteiger partial charge in [0.1, 0.15) is 17.2 Å². The number of carbonyl (C=O) groups excluding carboxylic acids is 1. The van der Waals surface area contributed by atoms with Gasteiger partial charge in [-0.05, 0) is 60.7 Å². The summed E-state index contributed by atoms with van der Waals surface area (Å²) in [5.74, 6) is 0.525. The topological polar surface area (TPSA) is 35.5 Å². The molecule has 0 radical (unpaired) electrons. The average Bonchev–Trinajstić information content (AvgIpc) is 2.64. The number of alkyl halides is 3. The van der Waals surface area contributed by atoms with E-state index in [1.54, 1.807) is 54.6 Å². The molecule has 0 unspecified atom stereocenters. The second-order valence-electron chi connectivity index (χ2n) is 5.35. The molecule has 3 aromatic rings. The van der Waals surface area contributed by atoms with Crippen molar-refractivity contribution in [1.29, 1.82) is 0 Å². The third kappa shape index (κ3) is 4.42. The quantitative estimate of drug-likeness (QED) is 0.442. The van der Waals surface area contributed by atoms with Crippen molar-refractivity contribution in [3.05, 3.63) is 90.0 Å². The maximum Gasteiger partial charge on any atom is 0.416 e. The van der Waals surface area contributed by atoms with Crippen molar-refractivity contribution in [2.75, 3.05) is 0 Å². The van der Waals surface area contributed by atoms with Crippen LogP contribution in [-0.2, 0) is 6.18 Å². The van der Waals surface area contributed by atoms with E-state index >= 15 is 0 Å². The molecule has 0 saturated carbocycles. The molecule has 0 aromatic heterocycles. The molecule has 0 fully saturated rings. The number of hydrogen-bond donors (Lipinski definition) is 0. The molecule has 0 amide bonds. The molecular formula is C20H13F3O3. The number of halogens is 3. The average molecular weight is 358 g/mol. The molecule has 3 rings (SSSR count). The molecule has 3 nitrogen and oxygen atoms in total. The van der Waals surface area contributed by atoms with Gasteiger partial charge in [0, 0.05) is 0 Å². The third-order valence-electron chi connectivity index (χ3n) is 3.46. The van der Waals surface area contributed by atoms with Gasteiger partial charge in [0.2, 0.25) is 0 Å². The van der Waals surface area contributed by atoms with Crippen molar-refractivity contribution in [2.24, 2.45) is 0 Å². The monoisotopic (exact) mass is 358 g/mol. The van der Waals surface area contributed by atoms with E-state index in [-0.39, 0.29) is 5.75 Å². The van der Waals surface area contributed by atoms with Gasteiger partial charge in [0.15, 0.2) is 0 Å². The zero-order chi connectivity index (χ0) is 18.6. The largest absolute Gasteiger partial charge is 0.457 e. The molecule has 0 N–H and O–H groups in total. The molecule has 0 bridgehead atoms. The first-order chi connectivity index (χ1) is 12.4. The van der Waals surface area contributed by atoms with Crippen LogP contribution in [0.15, 0.2) is 78.9 Å². The van der Waals surface area contributed by atoms with Gasteiger partial charge in [-0.1, -0.05) is 18.2 Å². The van der Waals surface area contributed by atoms with E-state index in [9.17, 15) is 18.0 Å². The molecule has 0 aliphatic heterocycles. The van der Waals surface area contributed by atoms with Gasteiger partial charge in [-0.2, -0.15) is 13.2 Å². The number of rotatable bonds is 4. The summed E-state index contributed by atoms with van der Waals surface area (Å²) in [6.07, 6.45) is -4.39. The normalized spacial score (nSPS) is 11.0. The molecule has 0 aliphatic carbocycles. The predicted molar refractivity (Wildman–Crippen MR) is 89.4 cm³/mol. The van der Waals surface area contributed by atoms with E-state index in [4.69, 9.17) is 9.47 Å². The molecule has 0 spiro atoms. The Bertz CT molecular complexity index is 871. The van der Waals surface area contributed by atoms with Crippen molar-refractivity contribution in [3.63, 3.8) is 0 Å². The molecular weight excluding hydrogens is 345 g/mol. The van der Waals surface area contributed by atoms with Gasteiger partial charge in [-0.3, -0.25) is 0 Å². The fourth-order valence-corrected chi connectivity index (χ4v) is 2.16. The van der Waals surface area contributed by atoms with Crippen LogP contribution >= 0.6 is 0 Å². The van der Waals surface area contributed by atoms with E-state index in [0.717, 1.165) is 12.1 Å². The van der Waals surface area contributed by atoms with Crippen molar-refractivity contribution in [3.8, 4) is 17.2 Å². The van der Waals surface area contributed by atoms with Crippen LogP contribution in [0.3, 0.4) is 0 Å². The summed E-state index contributed by atoms with van der Waals surface area (Å²) in [5.41, 5.74) is -0.314. The Kier molecular flexibility index (Phi) is 4.93. The van der Waals surface area contributed by atoms with Gasteiger partial charge >= 0.3 is 12.1 Å².